The molecule has 5 nitrogen and oxygen atoms in total. The molecule has 2 aromatic rings. The molecule has 2 N–H and O–H groups in total. The second kappa shape index (κ2) is 5.03. The van der Waals surface area contributed by atoms with Gasteiger partial charge in [0.25, 0.3) is 10.0 Å². The van der Waals surface area contributed by atoms with Crippen molar-refractivity contribution in [2.45, 2.75) is 36.8 Å². The molecule has 0 bridgehead atoms. The minimum atomic E-state index is -3.50. The summed E-state index contributed by atoms with van der Waals surface area (Å²) in [6.07, 6.45) is 2.91. The second-order valence-corrected chi connectivity index (χ2v) is 6.71. The van der Waals surface area contributed by atoms with Crippen molar-refractivity contribution >= 4 is 10.0 Å². The summed E-state index contributed by atoms with van der Waals surface area (Å²) in [5.74, 6) is 0.959. The number of benzene rings is 1. The van der Waals surface area contributed by atoms with Crippen LogP contribution in [0.2, 0.25) is 0 Å². The normalized spacial score (nSPS) is 21.9. The van der Waals surface area contributed by atoms with Gasteiger partial charge in [-0.2, -0.15) is 0 Å². The number of aromatic amines is 1. The Morgan fingerprint density at radius 3 is 2.75 bits per heavy atom. The van der Waals surface area contributed by atoms with E-state index in [1.165, 1.54) is 11.8 Å². The van der Waals surface area contributed by atoms with Crippen LogP contribution in [0.1, 0.15) is 30.7 Å². The Morgan fingerprint density at radius 2 is 2.10 bits per heavy atom. The molecule has 106 valence electrons. The molecular weight excluding hydrogens is 274 g/mol. The largest absolute Gasteiger partial charge is 0.332 e. The van der Waals surface area contributed by atoms with Crippen LogP contribution in [0.25, 0.3) is 0 Å². The van der Waals surface area contributed by atoms with Crippen LogP contribution < -0.4 is 4.72 Å². The van der Waals surface area contributed by atoms with E-state index in [9.17, 15) is 8.42 Å². The Labute approximate surface area is 118 Å². The van der Waals surface area contributed by atoms with E-state index in [4.69, 9.17) is 0 Å². The van der Waals surface area contributed by atoms with E-state index >= 15 is 0 Å². The molecule has 1 heterocycles. The average molecular weight is 291 g/mol. The van der Waals surface area contributed by atoms with Gasteiger partial charge in [-0.05, 0) is 12.0 Å². The van der Waals surface area contributed by atoms with Gasteiger partial charge in [-0.3, -0.25) is 0 Å². The van der Waals surface area contributed by atoms with Crippen molar-refractivity contribution in [3.05, 3.63) is 47.9 Å². The first-order valence-electron chi connectivity index (χ1n) is 6.71. The molecule has 1 aliphatic carbocycles. The van der Waals surface area contributed by atoms with E-state index in [-0.39, 0.29) is 17.0 Å². The van der Waals surface area contributed by atoms with Crippen molar-refractivity contribution in [2.24, 2.45) is 0 Å². The summed E-state index contributed by atoms with van der Waals surface area (Å²) in [5, 5.41) is 0.146. The molecule has 3 rings (SSSR count). The quantitative estimate of drug-likeness (QED) is 0.882. The molecule has 1 fully saturated rings. The first kappa shape index (κ1) is 13.3. The molecule has 1 aromatic carbocycles. The third-order valence-corrected chi connectivity index (χ3v) is 4.95. The highest BCUT2D eigenvalue weighted by Gasteiger charge is 2.41. The number of aromatic nitrogens is 2. The summed E-state index contributed by atoms with van der Waals surface area (Å²) in [7, 11) is -3.50. The maximum absolute atomic E-state index is 12.2. The minimum Gasteiger partial charge on any atom is -0.332 e. The van der Waals surface area contributed by atoms with Gasteiger partial charge in [0.1, 0.15) is 5.82 Å². The lowest BCUT2D eigenvalue weighted by atomic mass is 10.1. The Hall–Kier alpha value is -1.66. The highest BCUT2D eigenvalue weighted by Crippen LogP contribution is 2.41. The van der Waals surface area contributed by atoms with Crippen LogP contribution in [0.5, 0.6) is 0 Å². The molecule has 0 amide bonds. The smallest absolute Gasteiger partial charge is 0.257 e. The number of nitrogens with one attached hydrogen (secondary N) is 2. The van der Waals surface area contributed by atoms with E-state index < -0.39 is 10.0 Å². The fourth-order valence-corrected chi connectivity index (χ4v) is 3.55. The Balaban J connectivity index is 1.70. The number of hydrogen-bond donors (Lipinski definition) is 2. The molecule has 2 unspecified atom stereocenters. The van der Waals surface area contributed by atoms with Crippen LogP contribution in [-0.4, -0.2) is 24.4 Å². The van der Waals surface area contributed by atoms with Crippen LogP contribution in [0.3, 0.4) is 0 Å². The van der Waals surface area contributed by atoms with Crippen molar-refractivity contribution in [1.82, 2.24) is 14.7 Å². The number of rotatable bonds is 5. The van der Waals surface area contributed by atoms with E-state index in [2.05, 4.69) is 14.7 Å². The highest BCUT2D eigenvalue weighted by molar-refractivity contribution is 7.89. The van der Waals surface area contributed by atoms with Crippen molar-refractivity contribution in [3.63, 3.8) is 0 Å². The van der Waals surface area contributed by atoms with E-state index in [0.717, 1.165) is 6.42 Å². The fraction of sp³-hybridized carbons (Fsp3) is 0.357. The van der Waals surface area contributed by atoms with E-state index in [1.807, 2.05) is 37.3 Å². The summed E-state index contributed by atoms with van der Waals surface area (Å²) >= 11 is 0. The van der Waals surface area contributed by atoms with Crippen molar-refractivity contribution in [2.75, 3.05) is 0 Å². The molecule has 0 saturated heterocycles. The highest BCUT2D eigenvalue weighted by atomic mass is 32.2. The van der Waals surface area contributed by atoms with E-state index in [1.54, 1.807) is 0 Å². The molecule has 1 saturated carbocycles. The molecule has 1 aromatic heterocycles. The van der Waals surface area contributed by atoms with Gasteiger partial charge in [0.15, 0.2) is 5.03 Å². The molecular formula is C14H17N3O2S. The third kappa shape index (κ3) is 2.62. The summed E-state index contributed by atoms with van der Waals surface area (Å²) in [5.41, 5.74) is 1.18. The lowest BCUT2D eigenvalue weighted by Crippen LogP contribution is -2.27. The van der Waals surface area contributed by atoms with Gasteiger partial charge in [-0.25, -0.2) is 18.1 Å². The van der Waals surface area contributed by atoms with Gasteiger partial charge < -0.3 is 4.98 Å². The number of H-pyrrole nitrogens is 1. The molecule has 20 heavy (non-hydrogen) atoms. The van der Waals surface area contributed by atoms with Crippen LogP contribution in [0.4, 0.5) is 0 Å². The number of sulfonamides is 1. The van der Waals surface area contributed by atoms with Crippen LogP contribution in [-0.2, 0) is 16.4 Å². The van der Waals surface area contributed by atoms with Gasteiger partial charge in [-0.15, -0.1) is 0 Å². The van der Waals surface area contributed by atoms with E-state index in [0.29, 0.717) is 12.2 Å². The zero-order chi connectivity index (χ0) is 14.2. The molecule has 0 spiro atoms. The summed E-state index contributed by atoms with van der Waals surface area (Å²) < 4.78 is 27.1. The third-order valence-electron chi connectivity index (χ3n) is 3.55. The molecule has 2 atom stereocenters. The van der Waals surface area contributed by atoms with Gasteiger partial charge in [0, 0.05) is 18.4 Å². The second-order valence-electron chi connectivity index (χ2n) is 5.03. The summed E-state index contributed by atoms with van der Waals surface area (Å²) in [6, 6.07) is 9.95. The van der Waals surface area contributed by atoms with Crippen LogP contribution in [0.15, 0.2) is 41.6 Å². The van der Waals surface area contributed by atoms with Crippen molar-refractivity contribution < 1.29 is 8.42 Å². The maximum atomic E-state index is 12.2. The summed E-state index contributed by atoms with van der Waals surface area (Å²) in [6.45, 7) is 1.93. The Kier molecular flexibility index (Phi) is 3.35. The van der Waals surface area contributed by atoms with Crippen LogP contribution in [0, 0.1) is 0 Å². The zero-order valence-corrected chi connectivity index (χ0v) is 12.0. The first-order chi connectivity index (χ1) is 9.60. The van der Waals surface area contributed by atoms with Gasteiger partial charge in [0.2, 0.25) is 0 Å². The van der Waals surface area contributed by atoms with Gasteiger partial charge in [0.05, 0.1) is 6.20 Å². The lowest BCUT2D eigenvalue weighted by Gasteiger charge is -2.04. The zero-order valence-electron chi connectivity index (χ0n) is 11.2. The molecule has 1 aliphatic rings. The SMILES string of the molecule is CCc1ncc(S(=O)(=O)NC2CC2c2ccccc2)[nH]1. The minimum absolute atomic E-state index is 0.0178. The fourth-order valence-electron chi connectivity index (χ4n) is 2.32. The van der Waals surface area contributed by atoms with Gasteiger partial charge in [-0.1, -0.05) is 37.3 Å². The first-order valence-corrected chi connectivity index (χ1v) is 8.19. The number of imidazole rings is 1. The number of nitrogens with zero attached hydrogens (tertiary/aromatic N) is 1. The average Bonchev–Trinajstić information content (AvgIpc) is 3.02. The Bertz CT molecular complexity index is 694. The predicted octanol–water partition coefficient (Wildman–Crippen LogP) is 1.81. The topological polar surface area (TPSA) is 74.8 Å². The predicted molar refractivity (Wildman–Crippen MR) is 75.9 cm³/mol. The molecule has 0 aliphatic heterocycles. The lowest BCUT2D eigenvalue weighted by molar-refractivity contribution is 0.576. The standard InChI is InChI=1S/C14H17N3O2S/c1-2-13-15-9-14(16-13)20(18,19)17-12-8-11(12)10-6-4-3-5-7-10/h3-7,9,11-12,17H,2,8H2,1H3,(H,15,16). The molecule has 6 heteroatoms. The van der Waals surface area contributed by atoms with Crippen LogP contribution >= 0.6 is 0 Å². The van der Waals surface area contributed by atoms with Crippen molar-refractivity contribution in [1.29, 1.82) is 0 Å². The van der Waals surface area contributed by atoms with Gasteiger partial charge >= 0.3 is 0 Å². The Morgan fingerprint density at radius 1 is 1.35 bits per heavy atom. The van der Waals surface area contributed by atoms with Crippen molar-refractivity contribution in [3.8, 4) is 0 Å². The molecule has 0 radical (unpaired) electrons. The monoisotopic (exact) mass is 291 g/mol. The number of hydrogen-bond acceptors (Lipinski definition) is 3. The maximum Gasteiger partial charge on any atom is 0.257 e. The number of aryl methyl sites for hydroxylation is 1. The summed E-state index contributed by atoms with van der Waals surface area (Å²) in [4.78, 5) is 6.86.